The smallest absolute Gasteiger partial charge is 0.237 e. The van der Waals surface area contributed by atoms with Crippen molar-refractivity contribution < 1.29 is 9.59 Å². The highest BCUT2D eigenvalue weighted by atomic mass is 16.2. The molecule has 0 saturated carbocycles. The van der Waals surface area contributed by atoms with E-state index in [1.54, 1.807) is 0 Å². The van der Waals surface area contributed by atoms with Gasteiger partial charge in [0.25, 0.3) is 0 Å². The van der Waals surface area contributed by atoms with Crippen LogP contribution in [0.3, 0.4) is 0 Å². The zero-order chi connectivity index (χ0) is 14.7. The fraction of sp³-hybridized carbons (Fsp3) is 0.462. The third-order valence-electron chi connectivity index (χ3n) is 3.32. The number of nitrogens with two attached hydrogens (primary N) is 3. The fourth-order valence-electron chi connectivity index (χ4n) is 2.51. The lowest BCUT2D eigenvalue weighted by molar-refractivity contribution is -0.117. The predicted molar refractivity (Wildman–Crippen MR) is 74.8 cm³/mol. The van der Waals surface area contributed by atoms with Crippen molar-refractivity contribution in [3.05, 3.63) is 22.9 Å². The van der Waals surface area contributed by atoms with Gasteiger partial charge in [0.05, 0.1) is 13.1 Å². The highest BCUT2D eigenvalue weighted by Gasteiger charge is 2.21. The molecule has 2 amide bonds. The molecule has 1 aromatic heterocycles. The van der Waals surface area contributed by atoms with Crippen LogP contribution in [0.5, 0.6) is 0 Å². The number of hydrogen-bond acceptors (Lipinski definition) is 5. The number of anilines is 1. The summed E-state index contributed by atoms with van der Waals surface area (Å²) in [7, 11) is 0. The van der Waals surface area contributed by atoms with Crippen molar-refractivity contribution >= 4 is 17.6 Å². The van der Waals surface area contributed by atoms with E-state index in [9.17, 15) is 9.59 Å². The third-order valence-corrected chi connectivity index (χ3v) is 3.32. The molecule has 0 spiro atoms. The lowest BCUT2D eigenvalue weighted by Crippen LogP contribution is -2.41. The molecule has 0 unspecified atom stereocenters. The van der Waals surface area contributed by atoms with Crippen LogP contribution in [0.25, 0.3) is 0 Å². The molecule has 0 aliphatic heterocycles. The Kier molecular flexibility index (Phi) is 4.19. The fourth-order valence-corrected chi connectivity index (χ4v) is 2.51. The third kappa shape index (κ3) is 3.05. The van der Waals surface area contributed by atoms with Gasteiger partial charge in [-0.1, -0.05) is 0 Å². The number of aromatic nitrogens is 1. The average Bonchev–Trinajstić information content (AvgIpc) is 2.82. The van der Waals surface area contributed by atoms with Gasteiger partial charge in [0.2, 0.25) is 11.8 Å². The number of fused-ring (bicyclic) bond motifs is 1. The summed E-state index contributed by atoms with van der Waals surface area (Å²) in [5.74, 6) is -0.557. The first-order valence-electron chi connectivity index (χ1n) is 6.54. The average molecular weight is 277 g/mol. The van der Waals surface area contributed by atoms with Crippen molar-refractivity contribution in [1.29, 1.82) is 0 Å². The lowest BCUT2D eigenvalue weighted by Gasteiger charge is -2.24. The van der Waals surface area contributed by atoms with Gasteiger partial charge in [-0.2, -0.15) is 0 Å². The van der Waals surface area contributed by atoms with Crippen LogP contribution < -0.4 is 22.1 Å². The molecular weight excluding hydrogens is 258 g/mol. The molecule has 1 aliphatic carbocycles. The Morgan fingerprint density at radius 2 is 1.85 bits per heavy atom. The molecular formula is C13H19N5O2. The predicted octanol–water partition coefficient (Wildman–Crippen LogP) is -1.19. The summed E-state index contributed by atoms with van der Waals surface area (Å²) < 4.78 is 0. The SMILES string of the molecule is NCc1cc2c(nc1N(CC(N)=O)CC(N)=O)CCC2. The van der Waals surface area contributed by atoms with Gasteiger partial charge in [-0.3, -0.25) is 9.59 Å². The second kappa shape index (κ2) is 5.87. The second-order valence-electron chi connectivity index (χ2n) is 4.92. The quantitative estimate of drug-likeness (QED) is 0.602. The molecule has 20 heavy (non-hydrogen) atoms. The Morgan fingerprint density at radius 1 is 1.20 bits per heavy atom. The van der Waals surface area contributed by atoms with Crippen molar-refractivity contribution in [2.75, 3.05) is 18.0 Å². The van der Waals surface area contributed by atoms with Crippen LogP contribution in [0.15, 0.2) is 6.07 Å². The van der Waals surface area contributed by atoms with E-state index in [1.165, 1.54) is 10.5 Å². The highest BCUT2D eigenvalue weighted by Crippen LogP contribution is 2.27. The van der Waals surface area contributed by atoms with Crippen molar-refractivity contribution in [2.45, 2.75) is 25.8 Å². The number of hydrogen-bond donors (Lipinski definition) is 3. The molecule has 0 radical (unpaired) electrons. The van der Waals surface area contributed by atoms with E-state index >= 15 is 0 Å². The Balaban J connectivity index is 2.40. The molecule has 1 aliphatic rings. The first kappa shape index (κ1) is 14.3. The molecule has 108 valence electrons. The van der Waals surface area contributed by atoms with Crippen LogP contribution in [0.1, 0.15) is 23.2 Å². The van der Waals surface area contributed by atoms with Crippen molar-refractivity contribution in [3.8, 4) is 0 Å². The molecule has 0 aromatic carbocycles. The molecule has 0 saturated heterocycles. The van der Waals surface area contributed by atoms with E-state index in [0.29, 0.717) is 5.82 Å². The number of aryl methyl sites for hydroxylation is 2. The van der Waals surface area contributed by atoms with Gasteiger partial charge in [-0.25, -0.2) is 4.98 Å². The van der Waals surface area contributed by atoms with Crippen molar-refractivity contribution in [2.24, 2.45) is 17.2 Å². The number of rotatable bonds is 6. The van der Waals surface area contributed by atoms with Crippen molar-refractivity contribution in [3.63, 3.8) is 0 Å². The minimum atomic E-state index is -0.545. The Labute approximate surface area is 117 Å². The minimum absolute atomic E-state index is 0.109. The molecule has 1 aromatic rings. The van der Waals surface area contributed by atoms with Crippen LogP contribution >= 0.6 is 0 Å². The van der Waals surface area contributed by atoms with E-state index in [2.05, 4.69) is 4.98 Å². The minimum Gasteiger partial charge on any atom is -0.368 e. The monoisotopic (exact) mass is 277 g/mol. The summed E-state index contributed by atoms with van der Waals surface area (Å²) in [5.41, 5.74) is 19.2. The normalized spacial score (nSPS) is 13.1. The summed E-state index contributed by atoms with van der Waals surface area (Å²) in [6.45, 7) is 0.0626. The van der Waals surface area contributed by atoms with Crippen LogP contribution in [-0.4, -0.2) is 29.9 Å². The maximum Gasteiger partial charge on any atom is 0.237 e. The summed E-state index contributed by atoms with van der Waals surface area (Å²) in [4.78, 5) is 28.4. The summed E-state index contributed by atoms with van der Waals surface area (Å²) in [6.07, 6.45) is 2.94. The maximum absolute atomic E-state index is 11.2. The zero-order valence-electron chi connectivity index (χ0n) is 11.3. The standard InChI is InChI=1S/C13H19N5O2/c14-5-9-4-8-2-1-3-10(8)17-13(9)18(6-11(15)19)7-12(16)20/h4H,1-3,5-7,14H2,(H2,15,19)(H2,16,20). The molecule has 1 heterocycles. The Morgan fingerprint density at radius 3 is 2.40 bits per heavy atom. The number of carbonyl (C=O) groups excluding carboxylic acids is 2. The Hall–Kier alpha value is -2.15. The molecule has 0 atom stereocenters. The molecule has 7 nitrogen and oxygen atoms in total. The second-order valence-corrected chi connectivity index (χ2v) is 4.92. The van der Waals surface area contributed by atoms with Gasteiger partial charge in [0.15, 0.2) is 0 Å². The number of pyridine rings is 1. The number of carbonyl (C=O) groups is 2. The molecule has 6 N–H and O–H groups in total. The molecule has 2 rings (SSSR count). The molecule has 7 heteroatoms. The summed E-state index contributed by atoms with van der Waals surface area (Å²) in [5, 5.41) is 0. The topological polar surface area (TPSA) is 128 Å². The van der Waals surface area contributed by atoms with Crippen LogP contribution in [0.2, 0.25) is 0 Å². The molecule has 0 fully saturated rings. The molecule has 0 bridgehead atoms. The van der Waals surface area contributed by atoms with E-state index in [1.807, 2.05) is 6.07 Å². The number of nitrogens with zero attached hydrogens (tertiary/aromatic N) is 2. The summed E-state index contributed by atoms with van der Waals surface area (Å²) in [6, 6.07) is 2.00. The largest absolute Gasteiger partial charge is 0.368 e. The van der Waals surface area contributed by atoms with Gasteiger partial charge in [0.1, 0.15) is 5.82 Å². The first-order chi connectivity index (χ1) is 9.51. The highest BCUT2D eigenvalue weighted by molar-refractivity contribution is 5.84. The van der Waals surface area contributed by atoms with Gasteiger partial charge >= 0.3 is 0 Å². The van der Waals surface area contributed by atoms with Gasteiger partial charge < -0.3 is 22.1 Å². The van der Waals surface area contributed by atoms with E-state index in [-0.39, 0.29) is 19.6 Å². The van der Waals surface area contributed by atoms with Crippen LogP contribution in [-0.2, 0) is 29.0 Å². The maximum atomic E-state index is 11.2. The van der Waals surface area contributed by atoms with E-state index in [0.717, 1.165) is 30.5 Å². The number of amides is 2. The van der Waals surface area contributed by atoms with Crippen LogP contribution in [0, 0.1) is 0 Å². The van der Waals surface area contributed by atoms with E-state index in [4.69, 9.17) is 17.2 Å². The zero-order valence-corrected chi connectivity index (χ0v) is 11.3. The Bertz CT molecular complexity index is 528. The van der Waals surface area contributed by atoms with Crippen LogP contribution in [0.4, 0.5) is 5.82 Å². The number of primary amides is 2. The van der Waals surface area contributed by atoms with E-state index < -0.39 is 11.8 Å². The van der Waals surface area contributed by atoms with Crippen molar-refractivity contribution in [1.82, 2.24) is 4.98 Å². The first-order valence-corrected chi connectivity index (χ1v) is 6.54. The lowest BCUT2D eigenvalue weighted by atomic mass is 10.1. The van der Waals surface area contributed by atoms with Gasteiger partial charge in [-0.15, -0.1) is 0 Å². The van der Waals surface area contributed by atoms with Gasteiger partial charge in [0, 0.05) is 17.8 Å². The summed E-state index contributed by atoms with van der Waals surface area (Å²) >= 11 is 0. The van der Waals surface area contributed by atoms with Gasteiger partial charge in [-0.05, 0) is 30.9 Å².